The van der Waals surface area contributed by atoms with Crippen LogP contribution in [0.2, 0.25) is 0 Å². The normalized spacial score (nSPS) is 15.8. The summed E-state index contributed by atoms with van der Waals surface area (Å²) in [7, 11) is 3.54. The average molecular weight is 518 g/mol. The Morgan fingerprint density at radius 2 is 1.97 bits per heavy atom. The van der Waals surface area contributed by atoms with Crippen molar-refractivity contribution in [3.05, 3.63) is 29.8 Å². The second-order valence-electron chi connectivity index (χ2n) is 7.74. The van der Waals surface area contributed by atoms with Crippen LogP contribution in [0.15, 0.2) is 29.3 Å². The van der Waals surface area contributed by atoms with E-state index < -0.39 is 0 Å². The number of halogens is 1. The summed E-state index contributed by atoms with van der Waals surface area (Å²) in [6, 6.07) is 8.72. The Hall–Kier alpha value is -1.06. The number of nitrogens with zero attached hydrogens (tertiary/aromatic N) is 2. The van der Waals surface area contributed by atoms with Gasteiger partial charge in [0.05, 0.1) is 13.2 Å². The number of rotatable bonds is 11. The molecule has 1 aliphatic rings. The maximum atomic E-state index is 5.64. The summed E-state index contributed by atoms with van der Waals surface area (Å²) in [4.78, 5) is 6.92. The molecule has 166 valence electrons. The van der Waals surface area contributed by atoms with Gasteiger partial charge in [0.2, 0.25) is 0 Å². The minimum Gasteiger partial charge on any atom is -0.497 e. The van der Waals surface area contributed by atoms with Gasteiger partial charge in [0.15, 0.2) is 5.96 Å². The SMILES string of the molecule is CN=C(NCCCOCC(C)C)NCC(c1cccc(OC)c1)N1CCCC1.I. The average Bonchev–Trinajstić information content (AvgIpc) is 3.23. The fourth-order valence-electron chi connectivity index (χ4n) is 3.47. The molecule has 6 nitrogen and oxygen atoms in total. The van der Waals surface area contributed by atoms with Crippen LogP contribution in [0, 0.1) is 5.92 Å². The predicted molar refractivity (Wildman–Crippen MR) is 132 cm³/mol. The smallest absolute Gasteiger partial charge is 0.191 e. The lowest BCUT2D eigenvalue weighted by Gasteiger charge is -2.29. The van der Waals surface area contributed by atoms with Crippen molar-refractivity contribution in [2.75, 3.05) is 53.6 Å². The molecule has 1 heterocycles. The monoisotopic (exact) mass is 518 g/mol. The van der Waals surface area contributed by atoms with Crippen LogP contribution in [-0.4, -0.2) is 64.4 Å². The molecule has 7 heteroatoms. The predicted octanol–water partition coefficient (Wildman–Crippen LogP) is 3.68. The van der Waals surface area contributed by atoms with Gasteiger partial charge >= 0.3 is 0 Å². The van der Waals surface area contributed by atoms with Crippen molar-refractivity contribution < 1.29 is 9.47 Å². The highest BCUT2D eigenvalue weighted by Gasteiger charge is 2.24. The second-order valence-corrected chi connectivity index (χ2v) is 7.74. The van der Waals surface area contributed by atoms with Crippen molar-refractivity contribution in [3.63, 3.8) is 0 Å². The van der Waals surface area contributed by atoms with Gasteiger partial charge in [0.25, 0.3) is 0 Å². The number of likely N-dealkylation sites (tertiary alicyclic amines) is 1. The summed E-state index contributed by atoms with van der Waals surface area (Å²) >= 11 is 0. The number of hydrogen-bond donors (Lipinski definition) is 2. The number of nitrogens with one attached hydrogen (secondary N) is 2. The lowest BCUT2D eigenvalue weighted by molar-refractivity contribution is 0.108. The molecule has 0 aromatic heterocycles. The van der Waals surface area contributed by atoms with Crippen LogP contribution in [-0.2, 0) is 4.74 Å². The molecule has 1 unspecified atom stereocenters. The van der Waals surface area contributed by atoms with Crippen molar-refractivity contribution >= 4 is 29.9 Å². The van der Waals surface area contributed by atoms with Gasteiger partial charge < -0.3 is 20.1 Å². The Bertz CT molecular complexity index is 592. The number of benzene rings is 1. The Morgan fingerprint density at radius 1 is 1.21 bits per heavy atom. The largest absolute Gasteiger partial charge is 0.497 e. The number of methoxy groups -OCH3 is 1. The lowest BCUT2D eigenvalue weighted by atomic mass is 10.1. The van der Waals surface area contributed by atoms with Crippen LogP contribution in [0.3, 0.4) is 0 Å². The zero-order valence-corrected chi connectivity index (χ0v) is 20.8. The molecule has 1 fully saturated rings. The molecular formula is C22H39IN4O2. The van der Waals surface area contributed by atoms with Gasteiger partial charge in [-0.15, -0.1) is 24.0 Å². The van der Waals surface area contributed by atoms with E-state index in [-0.39, 0.29) is 24.0 Å². The summed E-state index contributed by atoms with van der Waals surface area (Å²) in [6.07, 6.45) is 3.51. The lowest BCUT2D eigenvalue weighted by Crippen LogP contribution is -2.43. The van der Waals surface area contributed by atoms with Gasteiger partial charge in [-0.2, -0.15) is 0 Å². The molecule has 2 N–H and O–H groups in total. The Balaban J connectivity index is 0.00000420. The van der Waals surface area contributed by atoms with Crippen LogP contribution in [0.25, 0.3) is 0 Å². The van der Waals surface area contributed by atoms with E-state index in [9.17, 15) is 0 Å². The van der Waals surface area contributed by atoms with Crippen molar-refractivity contribution in [2.24, 2.45) is 10.9 Å². The summed E-state index contributed by atoms with van der Waals surface area (Å²) in [6.45, 7) is 9.90. The third-order valence-electron chi connectivity index (χ3n) is 4.96. The van der Waals surface area contributed by atoms with Gasteiger partial charge in [0, 0.05) is 33.4 Å². The second kappa shape index (κ2) is 14.8. The minimum atomic E-state index is 0. The summed E-state index contributed by atoms with van der Waals surface area (Å²) in [5, 5.41) is 6.90. The Kier molecular flexibility index (Phi) is 13.3. The molecule has 2 rings (SSSR count). The van der Waals surface area contributed by atoms with E-state index in [1.165, 1.54) is 18.4 Å². The molecule has 0 radical (unpaired) electrons. The molecule has 0 bridgehead atoms. The molecule has 29 heavy (non-hydrogen) atoms. The fourth-order valence-corrected chi connectivity index (χ4v) is 3.47. The molecule has 1 aliphatic heterocycles. The van der Waals surface area contributed by atoms with Crippen LogP contribution in [0.1, 0.15) is 44.7 Å². The highest BCUT2D eigenvalue weighted by molar-refractivity contribution is 14.0. The summed E-state index contributed by atoms with van der Waals surface area (Å²) in [5.41, 5.74) is 1.28. The molecule has 1 atom stereocenters. The topological polar surface area (TPSA) is 58.1 Å². The van der Waals surface area contributed by atoms with Crippen LogP contribution >= 0.6 is 24.0 Å². The number of guanidine groups is 1. The zero-order chi connectivity index (χ0) is 20.2. The molecule has 0 aliphatic carbocycles. The van der Waals surface area contributed by atoms with E-state index in [0.717, 1.165) is 57.5 Å². The number of ether oxygens (including phenoxy) is 2. The van der Waals surface area contributed by atoms with Crippen molar-refractivity contribution in [2.45, 2.75) is 39.2 Å². The molecule has 0 saturated carbocycles. The highest BCUT2D eigenvalue weighted by Crippen LogP contribution is 2.27. The fraction of sp³-hybridized carbons (Fsp3) is 0.682. The van der Waals surface area contributed by atoms with Crippen LogP contribution < -0.4 is 15.4 Å². The molecule has 1 saturated heterocycles. The third kappa shape index (κ3) is 9.53. The van der Waals surface area contributed by atoms with Gasteiger partial charge in [-0.25, -0.2) is 0 Å². The maximum absolute atomic E-state index is 5.64. The van der Waals surface area contributed by atoms with Crippen LogP contribution in [0.5, 0.6) is 5.75 Å². The Morgan fingerprint density at radius 3 is 2.62 bits per heavy atom. The molecule has 1 aromatic rings. The van der Waals surface area contributed by atoms with E-state index >= 15 is 0 Å². The van der Waals surface area contributed by atoms with Gasteiger partial charge in [-0.3, -0.25) is 9.89 Å². The summed E-state index contributed by atoms with van der Waals surface area (Å²) in [5.74, 6) is 2.34. The van der Waals surface area contributed by atoms with Gasteiger partial charge in [-0.05, 0) is 56.0 Å². The highest BCUT2D eigenvalue weighted by atomic mass is 127. The quantitative estimate of drug-likeness (QED) is 0.203. The van der Waals surface area contributed by atoms with Crippen molar-refractivity contribution in [3.8, 4) is 5.75 Å². The molecule has 0 amide bonds. The van der Waals surface area contributed by atoms with E-state index in [0.29, 0.717) is 12.0 Å². The first-order chi connectivity index (χ1) is 13.6. The zero-order valence-electron chi connectivity index (χ0n) is 18.4. The first-order valence-corrected chi connectivity index (χ1v) is 10.5. The number of aliphatic imine (C=N–C) groups is 1. The summed E-state index contributed by atoms with van der Waals surface area (Å²) < 4.78 is 11.1. The Labute approximate surface area is 193 Å². The maximum Gasteiger partial charge on any atom is 0.191 e. The third-order valence-corrected chi connectivity index (χ3v) is 4.96. The number of hydrogen-bond acceptors (Lipinski definition) is 4. The van der Waals surface area contributed by atoms with E-state index in [1.54, 1.807) is 7.11 Å². The standard InChI is InChI=1S/C22H38N4O2.HI/c1-18(2)17-28-14-8-11-24-22(23-3)25-16-21(26-12-5-6-13-26)19-9-7-10-20(15-19)27-4;/h7,9-10,15,18,21H,5-6,8,11-14,16-17H2,1-4H3,(H2,23,24,25);1H. The van der Waals surface area contributed by atoms with Crippen LogP contribution in [0.4, 0.5) is 0 Å². The minimum absolute atomic E-state index is 0. The van der Waals surface area contributed by atoms with Gasteiger partial charge in [-0.1, -0.05) is 26.0 Å². The van der Waals surface area contributed by atoms with E-state index in [1.807, 2.05) is 13.1 Å². The first kappa shape index (κ1) is 26.0. The van der Waals surface area contributed by atoms with E-state index in [4.69, 9.17) is 9.47 Å². The molecule has 1 aromatic carbocycles. The van der Waals surface area contributed by atoms with Crippen molar-refractivity contribution in [1.82, 2.24) is 15.5 Å². The molecule has 0 spiro atoms. The van der Waals surface area contributed by atoms with E-state index in [2.05, 4.69) is 52.6 Å². The first-order valence-electron chi connectivity index (χ1n) is 10.5. The van der Waals surface area contributed by atoms with Crippen molar-refractivity contribution in [1.29, 1.82) is 0 Å². The molecular weight excluding hydrogens is 479 g/mol. The van der Waals surface area contributed by atoms with Gasteiger partial charge in [0.1, 0.15) is 5.75 Å².